The van der Waals surface area contributed by atoms with Crippen LogP contribution in [0.25, 0.3) is 27.9 Å². The van der Waals surface area contributed by atoms with Crippen LogP contribution in [0.4, 0.5) is 4.39 Å². The van der Waals surface area contributed by atoms with Crippen LogP contribution in [0.3, 0.4) is 0 Å². The number of allylic oxidation sites excluding steroid dienone is 1. The Morgan fingerprint density at radius 1 is 1.04 bits per heavy atom. The molecule has 1 aromatic heterocycles. The maximum atomic E-state index is 14.0. The predicted molar refractivity (Wildman–Crippen MR) is 92.3 cm³/mol. The molecule has 0 bridgehead atoms. The van der Waals surface area contributed by atoms with Crippen molar-refractivity contribution in [3.63, 3.8) is 0 Å². The number of nitriles is 2. The second kappa shape index (κ2) is 6.82. The van der Waals surface area contributed by atoms with Gasteiger partial charge in [0, 0.05) is 16.5 Å². The number of ether oxygens (including phenoxy) is 1. The van der Waals surface area contributed by atoms with Gasteiger partial charge in [0.25, 0.3) is 0 Å². The molecule has 0 saturated heterocycles. The summed E-state index contributed by atoms with van der Waals surface area (Å²) >= 11 is 0. The number of aromatic nitrogens is 1. The fourth-order valence-corrected chi connectivity index (χ4v) is 2.57. The minimum Gasteiger partial charge on any atom is -0.494 e. The molecule has 0 aliphatic rings. The number of methoxy groups -OCH3 is 1. The van der Waals surface area contributed by atoms with Gasteiger partial charge in [0.2, 0.25) is 0 Å². The van der Waals surface area contributed by atoms with Gasteiger partial charge in [0.05, 0.1) is 18.3 Å². The van der Waals surface area contributed by atoms with Crippen LogP contribution in [-0.2, 0) is 4.74 Å². The molecule has 0 unspecified atom stereocenters. The first-order chi connectivity index (χ1) is 12.2. The molecular formula is C20H12FN3O. The van der Waals surface area contributed by atoms with Crippen molar-refractivity contribution in [2.75, 3.05) is 7.11 Å². The molecule has 25 heavy (non-hydrogen) atoms. The maximum Gasteiger partial charge on any atom is 0.172 e. The van der Waals surface area contributed by atoms with E-state index in [2.05, 4.69) is 4.98 Å². The van der Waals surface area contributed by atoms with E-state index in [0.717, 1.165) is 5.39 Å². The van der Waals surface area contributed by atoms with Crippen LogP contribution in [0.5, 0.6) is 0 Å². The lowest BCUT2D eigenvalue weighted by Crippen LogP contribution is -1.94. The number of pyridine rings is 1. The highest BCUT2D eigenvalue weighted by molar-refractivity contribution is 5.85. The summed E-state index contributed by atoms with van der Waals surface area (Å²) in [6, 6.07) is 18.9. The predicted octanol–water partition coefficient (Wildman–Crippen LogP) is 4.45. The van der Waals surface area contributed by atoms with E-state index >= 15 is 0 Å². The second-order valence-electron chi connectivity index (χ2n) is 5.22. The minimum atomic E-state index is -0.348. The third kappa shape index (κ3) is 3.04. The molecule has 5 heteroatoms. The smallest absolute Gasteiger partial charge is 0.172 e. The number of halogens is 1. The number of rotatable bonds is 3. The molecule has 0 fully saturated rings. The van der Waals surface area contributed by atoms with E-state index in [-0.39, 0.29) is 17.1 Å². The topological polar surface area (TPSA) is 69.7 Å². The van der Waals surface area contributed by atoms with Crippen molar-refractivity contribution in [1.82, 2.24) is 4.98 Å². The van der Waals surface area contributed by atoms with Gasteiger partial charge >= 0.3 is 0 Å². The van der Waals surface area contributed by atoms with E-state index in [1.54, 1.807) is 36.4 Å². The first kappa shape index (κ1) is 16.2. The molecule has 0 aliphatic heterocycles. The number of benzene rings is 2. The Balaban J connectivity index is 2.18. The van der Waals surface area contributed by atoms with E-state index in [4.69, 9.17) is 15.3 Å². The van der Waals surface area contributed by atoms with Gasteiger partial charge < -0.3 is 4.74 Å². The van der Waals surface area contributed by atoms with E-state index in [1.807, 2.05) is 24.3 Å². The summed E-state index contributed by atoms with van der Waals surface area (Å²) in [5.74, 6) is -0.163. The molecule has 0 spiro atoms. The highest BCUT2D eigenvalue weighted by Crippen LogP contribution is 2.26. The normalized spacial score (nSPS) is 9.92. The Kier molecular flexibility index (Phi) is 4.41. The van der Waals surface area contributed by atoms with Crippen LogP contribution in [0.1, 0.15) is 5.56 Å². The number of nitrogens with zero attached hydrogens (tertiary/aromatic N) is 3. The Morgan fingerprint density at radius 2 is 1.76 bits per heavy atom. The molecule has 0 radical (unpaired) electrons. The molecule has 0 atom stereocenters. The highest BCUT2D eigenvalue weighted by Gasteiger charge is 2.12. The molecule has 0 N–H and O–H groups in total. The number of hydrogen-bond donors (Lipinski definition) is 0. The van der Waals surface area contributed by atoms with Crippen molar-refractivity contribution in [3.05, 3.63) is 71.6 Å². The molecule has 3 aromatic rings. The first-order valence-electron chi connectivity index (χ1n) is 7.42. The Labute approximate surface area is 144 Å². The van der Waals surface area contributed by atoms with Gasteiger partial charge in [-0.25, -0.2) is 9.37 Å². The SMILES string of the molecule is COC(=C(C#N)C#N)c1ccc2ccc(-c3ccccc3F)nc2c1. The van der Waals surface area contributed by atoms with Crippen LogP contribution in [0, 0.1) is 28.5 Å². The minimum absolute atomic E-state index is 0.118. The van der Waals surface area contributed by atoms with E-state index < -0.39 is 0 Å². The molecule has 4 nitrogen and oxygen atoms in total. The van der Waals surface area contributed by atoms with Crippen molar-refractivity contribution in [3.8, 4) is 23.4 Å². The van der Waals surface area contributed by atoms with Gasteiger partial charge in [-0.05, 0) is 24.3 Å². The lowest BCUT2D eigenvalue weighted by Gasteiger charge is -2.09. The average molecular weight is 329 g/mol. The zero-order valence-electron chi connectivity index (χ0n) is 13.3. The average Bonchev–Trinajstić information content (AvgIpc) is 2.65. The first-order valence-corrected chi connectivity index (χ1v) is 7.42. The zero-order valence-corrected chi connectivity index (χ0v) is 13.3. The summed E-state index contributed by atoms with van der Waals surface area (Å²) in [5, 5.41) is 19.0. The Bertz CT molecular complexity index is 1060. The van der Waals surface area contributed by atoms with Crippen molar-refractivity contribution >= 4 is 16.7 Å². The molecule has 3 rings (SSSR count). The van der Waals surface area contributed by atoms with Gasteiger partial charge in [0.15, 0.2) is 11.3 Å². The lowest BCUT2D eigenvalue weighted by atomic mass is 10.0. The molecule has 0 aliphatic carbocycles. The summed E-state index contributed by atoms with van der Waals surface area (Å²) in [5.41, 5.74) is 1.97. The summed E-state index contributed by atoms with van der Waals surface area (Å²) < 4.78 is 19.2. The van der Waals surface area contributed by atoms with Gasteiger partial charge in [-0.2, -0.15) is 10.5 Å². The van der Waals surface area contributed by atoms with E-state index in [0.29, 0.717) is 22.3 Å². The summed E-state index contributed by atoms with van der Waals surface area (Å²) in [6.07, 6.45) is 0. The van der Waals surface area contributed by atoms with Gasteiger partial charge in [-0.3, -0.25) is 0 Å². The van der Waals surface area contributed by atoms with E-state index in [1.165, 1.54) is 13.2 Å². The number of fused-ring (bicyclic) bond motifs is 1. The Hall–Kier alpha value is -3.70. The van der Waals surface area contributed by atoms with Crippen molar-refractivity contribution < 1.29 is 9.13 Å². The maximum absolute atomic E-state index is 14.0. The standard InChI is InChI=1S/C20H12FN3O/c1-25-20(15(11-22)12-23)14-7-6-13-8-9-18(24-19(13)10-14)16-4-2-3-5-17(16)21/h2-10H,1H3. The van der Waals surface area contributed by atoms with Gasteiger partial charge in [-0.15, -0.1) is 0 Å². The van der Waals surface area contributed by atoms with Gasteiger partial charge in [0.1, 0.15) is 18.0 Å². The third-order valence-electron chi connectivity index (χ3n) is 3.76. The fraction of sp³-hybridized carbons (Fsp3) is 0.0500. The molecule has 1 heterocycles. The summed E-state index contributed by atoms with van der Waals surface area (Å²) in [4.78, 5) is 4.51. The third-order valence-corrected chi connectivity index (χ3v) is 3.76. The van der Waals surface area contributed by atoms with Crippen molar-refractivity contribution in [1.29, 1.82) is 10.5 Å². The molecule has 120 valence electrons. The lowest BCUT2D eigenvalue weighted by molar-refractivity contribution is 0.369. The van der Waals surface area contributed by atoms with E-state index in [9.17, 15) is 4.39 Å². The van der Waals surface area contributed by atoms with Crippen LogP contribution in [-0.4, -0.2) is 12.1 Å². The summed E-state index contributed by atoms with van der Waals surface area (Å²) in [6.45, 7) is 0. The largest absolute Gasteiger partial charge is 0.494 e. The zero-order chi connectivity index (χ0) is 17.8. The molecular weight excluding hydrogens is 317 g/mol. The van der Waals surface area contributed by atoms with Crippen LogP contribution in [0.15, 0.2) is 60.2 Å². The van der Waals surface area contributed by atoms with Crippen LogP contribution < -0.4 is 0 Å². The summed E-state index contributed by atoms with van der Waals surface area (Å²) in [7, 11) is 1.40. The number of hydrogen-bond acceptors (Lipinski definition) is 4. The second-order valence-corrected chi connectivity index (χ2v) is 5.22. The highest BCUT2D eigenvalue weighted by atomic mass is 19.1. The van der Waals surface area contributed by atoms with Crippen molar-refractivity contribution in [2.24, 2.45) is 0 Å². The molecule has 0 amide bonds. The quantitative estimate of drug-likeness (QED) is 0.526. The molecule has 2 aromatic carbocycles. The fourth-order valence-electron chi connectivity index (χ4n) is 2.57. The monoisotopic (exact) mass is 329 g/mol. The van der Waals surface area contributed by atoms with Crippen molar-refractivity contribution in [2.45, 2.75) is 0 Å². The van der Waals surface area contributed by atoms with Crippen LogP contribution in [0.2, 0.25) is 0 Å². The molecule has 0 saturated carbocycles. The Morgan fingerprint density at radius 3 is 2.44 bits per heavy atom. The van der Waals surface area contributed by atoms with Gasteiger partial charge in [-0.1, -0.05) is 30.3 Å². The van der Waals surface area contributed by atoms with Crippen LogP contribution >= 0.6 is 0 Å².